The summed E-state index contributed by atoms with van der Waals surface area (Å²) in [5.41, 5.74) is 3.92. The van der Waals surface area contributed by atoms with Gasteiger partial charge in [-0.1, -0.05) is 67.1 Å². The molecular weight excluding hydrogens is 486 g/mol. The predicted molar refractivity (Wildman–Crippen MR) is 147 cm³/mol. The van der Waals surface area contributed by atoms with Crippen molar-refractivity contribution in [2.24, 2.45) is 0 Å². The molecule has 0 radical (unpaired) electrons. The summed E-state index contributed by atoms with van der Waals surface area (Å²) in [6.07, 6.45) is 0.381. The molecule has 0 unspecified atom stereocenters. The summed E-state index contributed by atoms with van der Waals surface area (Å²) >= 11 is 0. The van der Waals surface area contributed by atoms with Crippen LogP contribution in [-0.2, 0) is 26.2 Å². The number of benzene rings is 3. The number of hydrogen-bond acceptors (Lipinski definition) is 4. The quantitative estimate of drug-likeness (QED) is 0.430. The minimum Gasteiger partial charge on any atom is -0.357 e. The van der Waals surface area contributed by atoms with Crippen LogP contribution in [0.5, 0.6) is 0 Å². The van der Waals surface area contributed by atoms with Gasteiger partial charge in [0.05, 0.1) is 10.6 Å². The fourth-order valence-corrected chi connectivity index (χ4v) is 5.81. The van der Waals surface area contributed by atoms with Gasteiger partial charge in [-0.15, -0.1) is 0 Å². The number of nitrogens with one attached hydrogen (secondary N) is 1. The summed E-state index contributed by atoms with van der Waals surface area (Å²) in [4.78, 5) is 28.3. The molecule has 0 bridgehead atoms. The fraction of sp³-hybridized carbons (Fsp3) is 0.310. The molecule has 3 rings (SSSR count). The smallest absolute Gasteiger partial charge is 0.264 e. The number of sulfonamides is 1. The maximum atomic E-state index is 14.0. The van der Waals surface area contributed by atoms with E-state index in [9.17, 15) is 18.0 Å². The lowest BCUT2D eigenvalue weighted by Crippen LogP contribution is -2.51. The fourth-order valence-electron chi connectivity index (χ4n) is 4.31. The standard InChI is InChI=1S/C29H35N3O4S/c1-6-26(29(34)30-5)31(19-24-12-10-11-21(2)17-24)28(33)20-32(27-18-22(3)15-16-23(27)4)37(35,36)25-13-8-7-9-14-25/h7-18,26H,6,19-20H2,1-5H3,(H,30,34)/t26-/m1/s1. The van der Waals surface area contributed by atoms with Gasteiger partial charge in [0.15, 0.2) is 0 Å². The Bertz CT molecular complexity index is 1360. The Kier molecular flexibility index (Phi) is 9.10. The van der Waals surface area contributed by atoms with E-state index >= 15 is 0 Å². The molecule has 3 aromatic rings. The number of aryl methyl sites for hydroxylation is 3. The van der Waals surface area contributed by atoms with Gasteiger partial charge < -0.3 is 10.2 Å². The van der Waals surface area contributed by atoms with E-state index in [-0.39, 0.29) is 17.3 Å². The van der Waals surface area contributed by atoms with Crippen molar-refractivity contribution < 1.29 is 18.0 Å². The first-order valence-electron chi connectivity index (χ1n) is 12.3. The molecule has 1 N–H and O–H groups in total. The topological polar surface area (TPSA) is 86.8 Å². The van der Waals surface area contributed by atoms with Gasteiger partial charge >= 0.3 is 0 Å². The third kappa shape index (κ3) is 6.57. The van der Waals surface area contributed by atoms with E-state index in [1.54, 1.807) is 24.3 Å². The minimum absolute atomic E-state index is 0.0901. The van der Waals surface area contributed by atoms with E-state index in [1.807, 2.05) is 64.1 Å². The van der Waals surface area contributed by atoms with Crippen LogP contribution < -0.4 is 9.62 Å². The minimum atomic E-state index is -4.07. The van der Waals surface area contributed by atoms with Gasteiger partial charge in [0.2, 0.25) is 11.8 Å². The van der Waals surface area contributed by atoms with E-state index in [0.717, 1.165) is 26.6 Å². The molecule has 37 heavy (non-hydrogen) atoms. The zero-order valence-corrected chi connectivity index (χ0v) is 22.9. The highest BCUT2D eigenvalue weighted by atomic mass is 32.2. The molecule has 0 saturated heterocycles. The van der Waals surface area contributed by atoms with Crippen LogP contribution in [0.2, 0.25) is 0 Å². The summed E-state index contributed by atoms with van der Waals surface area (Å²) in [7, 11) is -2.54. The van der Waals surface area contributed by atoms with Crippen LogP contribution in [0.4, 0.5) is 5.69 Å². The Hall–Kier alpha value is -3.65. The second-order valence-corrected chi connectivity index (χ2v) is 11.0. The Morgan fingerprint density at radius 3 is 2.19 bits per heavy atom. The Balaban J connectivity index is 2.10. The van der Waals surface area contributed by atoms with Crippen LogP contribution in [0.25, 0.3) is 0 Å². The predicted octanol–water partition coefficient (Wildman–Crippen LogP) is 4.36. The first-order valence-corrected chi connectivity index (χ1v) is 13.7. The molecule has 3 aromatic carbocycles. The normalized spacial score (nSPS) is 12.0. The van der Waals surface area contributed by atoms with Crippen LogP contribution in [0.15, 0.2) is 77.7 Å². The summed E-state index contributed by atoms with van der Waals surface area (Å²) < 4.78 is 28.9. The molecular formula is C29H35N3O4S. The molecule has 0 saturated carbocycles. The molecule has 0 aliphatic rings. The van der Waals surface area contributed by atoms with E-state index in [2.05, 4.69) is 5.32 Å². The Morgan fingerprint density at radius 1 is 0.892 bits per heavy atom. The second-order valence-electron chi connectivity index (χ2n) is 9.16. The first kappa shape index (κ1) is 27.9. The van der Waals surface area contributed by atoms with Gasteiger partial charge in [0.25, 0.3) is 10.0 Å². The molecule has 0 fully saturated rings. The number of amides is 2. The molecule has 0 spiro atoms. The van der Waals surface area contributed by atoms with Crippen LogP contribution in [-0.4, -0.2) is 44.8 Å². The summed E-state index contributed by atoms with van der Waals surface area (Å²) in [5, 5.41) is 2.64. The molecule has 196 valence electrons. The van der Waals surface area contributed by atoms with Crippen molar-refractivity contribution in [3.05, 3.63) is 95.1 Å². The lowest BCUT2D eigenvalue weighted by molar-refractivity contribution is -0.140. The monoisotopic (exact) mass is 521 g/mol. The Morgan fingerprint density at radius 2 is 1.57 bits per heavy atom. The average molecular weight is 522 g/mol. The highest BCUT2D eigenvalue weighted by molar-refractivity contribution is 7.92. The lowest BCUT2D eigenvalue weighted by Gasteiger charge is -2.33. The molecule has 0 aliphatic carbocycles. The lowest BCUT2D eigenvalue weighted by atomic mass is 10.1. The first-order chi connectivity index (χ1) is 17.6. The van der Waals surface area contributed by atoms with Crippen molar-refractivity contribution in [3.8, 4) is 0 Å². The molecule has 2 amide bonds. The van der Waals surface area contributed by atoms with E-state index < -0.39 is 28.5 Å². The van der Waals surface area contributed by atoms with Gasteiger partial charge in [-0.3, -0.25) is 13.9 Å². The third-order valence-electron chi connectivity index (χ3n) is 6.31. The van der Waals surface area contributed by atoms with Crippen LogP contribution in [0, 0.1) is 20.8 Å². The average Bonchev–Trinajstić information content (AvgIpc) is 2.88. The molecule has 7 nitrogen and oxygen atoms in total. The second kappa shape index (κ2) is 12.1. The van der Waals surface area contributed by atoms with Gasteiger partial charge in [0.1, 0.15) is 12.6 Å². The molecule has 0 aliphatic heterocycles. The highest BCUT2D eigenvalue weighted by Gasteiger charge is 2.33. The summed E-state index contributed by atoms with van der Waals surface area (Å²) in [6.45, 7) is 7.22. The van der Waals surface area contributed by atoms with Crippen molar-refractivity contribution in [2.75, 3.05) is 17.9 Å². The molecule has 0 heterocycles. The van der Waals surface area contributed by atoms with Crippen molar-refractivity contribution >= 4 is 27.5 Å². The van der Waals surface area contributed by atoms with Crippen LogP contribution >= 0.6 is 0 Å². The van der Waals surface area contributed by atoms with Crippen molar-refractivity contribution in [1.29, 1.82) is 0 Å². The van der Waals surface area contributed by atoms with E-state index in [0.29, 0.717) is 12.1 Å². The number of anilines is 1. The number of nitrogens with zero attached hydrogens (tertiary/aromatic N) is 2. The maximum absolute atomic E-state index is 14.0. The van der Waals surface area contributed by atoms with E-state index in [4.69, 9.17) is 0 Å². The zero-order chi connectivity index (χ0) is 27.2. The van der Waals surface area contributed by atoms with Gasteiger partial charge in [-0.25, -0.2) is 8.42 Å². The number of rotatable bonds is 10. The number of likely N-dealkylation sites (N-methyl/N-ethyl adjacent to an activating group) is 1. The van der Waals surface area contributed by atoms with Gasteiger partial charge in [0, 0.05) is 13.6 Å². The van der Waals surface area contributed by atoms with Crippen LogP contribution in [0.3, 0.4) is 0 Å². The number of hydrogen-bond donors (Lipinski definition) is 1. The molecule has 8 heteroatoms. The highest BCUT2D eigenvalue weighted by Crippen LogP contribution is 2.28. The van der Waals surface area contributed by atoms with Crippen molar-refractivity contribution in [2.45, 2.75) is 51.6 Å². The third-order valence-corrected chi connectivity index (χ3v) is 8.09. The maximum Gasteiger partial charge on any atom is 0.264 e. The molecule has 0 aromatic heterocycles. The van der Waals surface area contributed by atoms with Gasteiger partial charge in [-0.2, -0.15) is 0 Å². The number of carbonyl (C=O) groups is 2. The largest absolute Gasteiger partial charge is 0.357 e. The summed E-state index contributed by atoms with van der Waals surface area (Å²) in [6, 6.07) is 20.5. The summed E-state index contributed by atoms with van der Waals surface area (Å²) in [5.74, 6) is -0.759. The van der Waals surface area contributed by atoms with E-state index in [1.165, 1.54) is 24.1 Å². The van der Waals surface area contributed by atoms with Crippen molar-refractivity contribution in [1.82, 2.24) is 10.2 Å². The van der Waals surface area contributed by atoms with Crippen molar-refractivity contribution in [3.63, 3.8) is 0 Å². The SMILES string of the molecule is CC[C@H](C(=O)NC)N(Cc1cccc(C)c1)C(=O)CN(c1cc(C)ccc1C)S(=O)(=O)c1ccccc1. The van der Waals surface area contributed by atoms with Crippen LogP contribution in [0.1, 0.15) is 35.6 Å². The zero-order valence-electron chi connectivity index (χ0n) is 22.1. The van der Waals surface area contributed by atoms with Gasteiger partial charge in [-0.05, 0) is 62.1 Å². The Labute approximate surface area is 220 Å². The number of carbonyl (C=O) groups excluding carboxylic acids is 2. The molecule has 1 atom stereocenters.